The second-order valence-corrected chi connectivity index (χ2v) is 6.09. The zero-order valence-corrected chi connectivity index (χ0v) is 13.7. The van der Waals surface area contributed by atoms with Crippen molar-refractivity contribution in [2.45, 2.75) is 39.2 Å². The summed E-state index contributed by atoms with van der Waals surface area (Å²) in [6.45, 7) is 5.40. The number of carbonyl (C=O) groups excluding carboxylic acids is 1. The highest BCUT2D eigenvalue weighted by molar-refractivity contribution is 6.03. The van der Waals surface area contributed by atoms with Crippen molar-refractivity contribution in [1.29, 1.82) is 0 Å². The summed E-state index contributed by atoms with van der Waals surface area (Å²) >= 11 is 0. The Morgan fingerprint density at radius 1 is 1.35 bits per heavy atom. The van der Waals surface area contributed by atoms with Crippen molar-refractivity contribution in [3.05, 3.63) is 53.7 Å². The van der Waals surface area contributed by atoms with Gasteiger partial charge in [0.2, 0.25) is 0 Å². The molecule has 4 nitrogen and oxygen atoms in total. The number of carbonyl (C=O) groups is 1. The second-order valence-electron chi connectivity index (χ2n) is 6.09. The van der Waals surface area contributed by atoms with Crippen LogP contribution >= 0.6 is 0 Å². The first-order valence-electron chi connectivity index (χ1n) is 8.30. The Kier molecular flexibility index (Phi) is 4.60. The number of hydrogen-bond acceptors (Lipinski definition) is 3. The molecule has 2 heterocycles. The standard InChI is InChI=1S/C19H23N3O/c1-3-15-7-4-8-16(12-15)19(23)21-18-10-9-17(13-20-18)22-11-5-6-14(22)2/h4,7-10,12-14H,3,5-6,11H2,1-2H3,(H,20,21,23)/t14-/m1/s1. The Hall–Kier alpha value is -2.36. The first kappa shape index (κ1) is 15.5. The molecule has 1 atom stereocenters. The smallest absolute Gasteiger partial charge is 0.256 e. The van der Waals surface area contributed by atoms with Gasteiger partial charge in [-0.2, -0.15) is 0 Å². The number of nitrogens with one attached hydrogen (secondary N) is 1. The normalized spacial score (nSPS) is 17.3. The SMILES string of the molecule is CCc1cccc(C(=O)Nc2ccc(N3CCC[C@H]3C)cn2)c1. The fraction of sp³-hybridized carbons (Fsp3) is 0.368. The van der Waals surface area contributed by atoms with Gasteiger partial charge in [0.15, 0.2) is 0 Å². The summed E-state index contributed by atoms with van der Waals surface area (Å²) in [6.07, 6.45) is 5.22. The molecule has 2 aromatic rings. The van der Waals surface area contributed by atoms with Gasteiger partial charge < -0.3 is 10.2 Å². The summed E-state index contributed by atoms with van der Waals surface area (Å²) in [7, 11) is 0. The van der Waals surface area contributed by atoms with Crippen molar-refractivity contribution < 1.29 is 4.79 Å². The van der Waals surface area contributed by atoms with Crippen molar-refractivity contribution in [3.8, 4) is 0 Å². The van der Waals surface area contributed by atoms with Crippen LogP contribution in [0.25, 0.3) is 0 Å². The molecule has 1 fully saturated rings. The van der Waals surface area contributed by atoms with Crippen LogP contribution in [0.2, 0.25) is 0 Å². The molecular formula is C19H23N3O. The predicted octanol–water partition coefficient (Wildman–Crippen LogP) is 3.89. The Morgan fingerprint density at radius 2 is 2.22 bits per heavy atom. The average molecular weight is 309 g/mol. The van der Waals surface area contributed by atoms with Crippen LogP contribution in [0.3, 0.4) is 0 Å². The van der Waals surface area contributed by atoms with Crippen LogP contribution in [0, 0.1) is 0 Å². The monoisotopic (exact) mass is 309 g/mol. The molecule has 1 aliphatic heterocycles. The number of aromatic nitrogens is 1. The number of benzene rings is 1. The van der Waals surface area contributed by atoms with E-state index in [0.717, 1.165) is 24.2 Å². The maximum absolute atomic E-state index is 12.3. The van der Waals surface area contributed by atoms with E-state index in [9.17, 15) is 4.79 Å². The van der Waals surface area contributed by atoms with E-state index in [1.54, 1.807) is 0 Å². The molecule has 4 heteroatoms. The van der Waals surface area contributed by atoms with E-state index < -0.39 is 0 Å². The molecular weight excluding hydrogens is 286 g/mol. The minimum Gasteiger partial charge on any atom is -0.368 e. The molecule has 1 aromatic heterocycles. The molecule has 1 aliphatic rings. The summed E-state index contributed by atoms with van der Waals surface area (Å²) in [4.78, 5) is 19.1. The van der Waals surface area contributed by atoms with E-state index in [2.05, 4.69) is 29.0 Å². The molecule has 0 aliphatic carbocycles. The zero-order valence-electron chi connectivity index (χ0n) is 13.7. The third-order valence-electron chi connectivity index (χ3n) is 4.47. The maximum atomic E-state index is 12.3. The van der Waals surface area contributed by atoms with E-state index >= 15 is 0 Å². The van der Waals surface area contributed by atoms with Gasteiger partial charge in [0.05, 0.1) is 11.9 Å². The second kappa shape index (κ2) is 6.82. The number of nitrogens with zero attached hydrogens (tertiary/aromatic N) is 2. The van der Waals surface area contributed by atoms with Crippen LogP contribution in [-0.2, 0) is 6.42 Å². The third kappa shape index (κ3) is 3.52. The Labute approximate surface area is 137 Å². The number of hydrogen-bond donors (Lipinski definition) is 1. The lowest BCUT2D eigenvalue weighted by molar-refractivity contribution is 0.102. The van der Waals surface area contributed by atoms with Crippen LogP contribution in [0.1, 0.15) is 42.6 Å². The van der Waals surface area contributed by atoms with Crippen molar-refractivity contribution in [3.63, 3.8) is 0 Å². The minimum absolute atomic E-state index is 0.116. The van der Waals surface area contributed by atoms with Gasteiger partial charge in [0.1, 0.15) is 5.82 Å². The molecule has 23 heavy (non-hydrogen) atoms. The van der Waals surface area contributed by atoms with E-state index in [0.29, 0.717) is 17.4 Å². The third-order valence-corrected chi connectivity index (χ3v) is 4.47. The number of anilines is 2. The summed E-state index contributed by atoms with van der Waals surface area (Å²) in [5, 5.41) is 2.87. The molecule has 1 amide bonds. The Bertz CT molecular complexity index is 681. The zero-order chi connectivity index (χ0) is 16.2. The number of amides is 1. The summed E-state index contributed by atoms with van der Waals surface area (Å²) < 4.78 is 0. The fourth-order valence-corrected chi connectivity index (χ4v) is 3.07. The highest BCUT2D eigenvalue weighted by Crippen LogP contribution is 2.25. The summed E-state index contributed by atoms with van der Waals surface area (Å²) in [6, 6.07) is 12.2. The van der Waals surface area contributed by atoms with Crippen LogP contribution in [0.5, 0.6) is 0 Å². The van der Waals surface area contributed by atoms with E-state index in [1.807, 2.05) is 42.6 Å². The van der Waals surface area contributed by atoms with E-state index in [-0.39, 0.29) is 5.91 Å². The molecule has 1 N–H and O–H groups in total. The maximum Gasteiger partial charge on any atom is 0.256 e. The van der Waals surface area contributed by atoms with Gasteiger partial charge in [0.25, 0.3) is 5.91 Å². The first-order valence-corrected chi connectivity index (χ1v) is 8.30. The number of pyridine rings is 1. The van der Waals surface area contributed by atoms with Crippen LogP contribution in [0.4, 0.5) is 11.5 Å². The Morgan fingerprint density at radius 3 is 2.87 bits per heavy atom. The molecule has 3 rings (SSSR count). The summed E-state index contributed by atoms with van der Waals surface area (Å²) in [5.41, 5.74) is 2.95. The van der Waals surface area contributed by atoms with Crippen molar-refractivity contribution >= 4 is 17.4 Å². The Balaban J connectivity index is 1.69. The van der Waals surface area contributed by atoms with Gasteiger partial charge in [-0.15, -0.1) is 0 Å². The van der Waals surface area contributed by atoms with Crippen molar-refractivity contribution in [2.24, 2.45) is 0 Å². The predicted molar refractivity (Wildman–Crippen MR) is 94.1 cm³/mol. The van der Waals surface area contributed by atoms with Gasteiger partial charge >= 0.3 is 0 Å². The van der Waals surface area contributed by atoms with Gasteiger partial charge in [-0.05, 0) is 56.0 Å². The van der Waals surface area contributed by atoms with Crippen molar-refractivity contribution in [2.75, 3.05) is 16.8 Å². The first-order chi connectivity index (χ1) is 11.2. The number of rotatable bonds is 4. The van der Waals surface area contributed by atoms with Crippen LogP contribution < -0.4 is 10.2 Å². The lowest BCUT2D eigenvalue weighted by Crippen LogP contribution is -2.26. The van der Waals surface area contributed by atoms with Gasteiger partial charge in [-0.1, -0.05) is 19.1 Å². The molecule has 0 unspecified atom stereocenters. The molecule has 120 valence electrons. The topological polar surface area (TPSA) is 45.2 Å². The molecule has 1 saturated heterocycles. The average Bonchev–Trinajstić information content (AvgIpc) is 3.01. The molecule has 0 radical (unpaired) electrons. The largest absolute Gasteiger partial charge is 0.368 e. The summed E-state index contributed by atoms with van der Waals surface area (Å²) in [5.74, 6) is 0.475. The molecule has 0 saturated carbocycles. The highest BCUT2D eigenvalue weighted by atomic mass is 16.1. The van der Waals surface area contributed by atoms with Crippen LogP contribution in [0.15, 0.2) is 42.6 Å². The number of aryl methyl sites for hydroxylation is 1. The molecule has 0 spiro atoms. The van der Waals surface area contributed by atoms with E-state index in [4.69, 9.17) is 0 Å². The lowest BCUT2D eigenvalue weighted by atomic mass is 10.1. The quantitative estimate of drug-likeness (QED) is 0.932. The van der Waals surface area contributed by atoms with E-state index in [1.165, 1.54) is 12.8 Å². The molecule has 1 aromatic carbocycles. The van der Waals surface area contributed by atoms with Gasteiger partial charge in [-0.3, -0.25) is 4.79 Å². The molecule has 0 bridgehead atoms. The van der Waals surface area contributed by atoms with Gasteiger partial charge in [-0.25, -0.2) is 4.98 Å². The highest BCUT2D eigenvalue weighted by Gasteiger charge is 2.20. The van der Waals surface area contributed by atoms with Gasteiger partial charge in [0, 0.05) is 18.2 Å². The lowest BCUT2D eigenvalue weighted by Gasteiger charge is -2.23. The fourth-order valence-electron chi connectivity index (χ4n) is 3.07. The van der Waals surface area contributed by atoms with Crippen LogP contribution in [-0.4, -0.2) is 23.5 Å². The minimum atomic E-state index is -0.116. The van der Waals surface area contributed by atoms with Crippen molar-refractivity contribution in [1.82, 2.24) is 4.98 Å².